The fourth-order valence-corrected chi connectivity index (χ4v) is 4.07. The van der Waals surface area contributed by atoms with Crippen LogP contribution in [-0.4, -0.2) is 43.8 Å². The largest absolute Gasteiger partial charge is 0.496 e. The number of methoxy groups -OCH3 is 1. The number of carboxylic acids is 1. The van der Waals surface area contributed by atoms with Crippen molar-refractivity contribution >= 4 is 26.9 Å². The minimum atomic E-state index is -5.08. The molecular formula is C19H19F3N2O5S. The van der Waals surface area contributed by atoms with Gasteiger partial charge in [0, 0.05) is 23.7 Å². The number of carboxylic acid groups (broad SMARTS) is 1. The molecule has 0 amide bonds. The summed E-state index contributed by atoms with van der Waals surface area (Å²) in [4.78, 5) is 9.16. The molecule has 2 aromatic carbocycles. The summed E-state index contributed by atoms with van der Waals surface area (Å²) < 4.78 is 64.1. The van der Waals surface area contributed by atoms with Gasteiger partial charge in [-0.15, -0.1) is 0 Å². The molecule has 0 saturated carbocycles. The number of rotatable bonds is 5. The third kappa shape index (κ3) is 4.92. The van der Waals surface area contributed by atoms with Crippen molar-refractivity contribution in [2.24, 2.45) is 0 Å². The number of hydrogen-bond donors (Lipinski definition) is 2. The van der Waals surface area contributed by atoms with E-state index in [-0.39, 0.29) is 4.90 Å². The highest BCUT2D eigenvalue weighted by Crippen LogP contribution is 2.30. The van der Waals surface area contributed by atoms with Gasteiger partial charge in [0.25, 0.3) is 10.0 Å². The second-order valence-electron chi connectivity index (χ2n) is 5.94. The van der Waals surface area contributed by atoms with Crippen LogP contribution in [0.2, 0.25) is 0 Å². The van der Waals surface area contributed by atoms with Crippen molar-refractivity contribution in [3.63, 3.8) is 0 Å². The summed E-state index contributed by atoms with van der Waals surface area (Å²) in [6, 6.07) is 13.8. The smallest absolute Gasteiger partial charge is 0.490 e. The number of alkyl halides is 3. The van der Waals surface area contributed by atoms with Crippen molar-refractivity contribution in [3.8, 4) is 5.75 Å². The molecule has 1 aromatic heterocycles. The first kappa shape index (κ1) is 23.2. The van der Waals surface area contributed by atoms with Crippen molar-refractivity contribution < 1.29 is 36.2 Å². The molecule has 0 fully saturated rings. The van der Waals surface area contributed by atoms with E-state index in [4.69, 9.17) is 14.6 Å². The molecule has 0 aliphatic rings. The zero-order valence-electron chi connectivity index (χ0n) is 16.0. The SMILES string of the molecule is CNCc1c(OC)ccc2c1ccn2S(=O)(=O)c1ccccc1.O=C(O)C(F)(F)F. The predicted octanol–water partition coefficient (Wildman–Crippen LogP) is 3.24. The van der Waals surface area contributed by atoms with E-state index in [2.05, 4.69) is 5.32 Å². The molecule has 0 aliphatic heterocycles. The van der Waals surface area contributed by atoms with Crippen molar-refractivity contribution in [1.82, 2.24) is 9.29 Å². The van der Waals surface area contributed by atoms with Crippen LogP contribution in [0, 0.1) is 0 Å². The molecule has 30 heavy (non-hydrogen) atoms. The maximum absolute atomic E-state index is 12.8. The number of benzene rings is 2. The fourth-order valence-electron chi connectivity index (χ4n) is 2.70. The highest BCUT2D eigenvalue weighted by molar-refractivity contribution is 7.90. The highest BCUT2D eigenvalue weighted by atomic mass is 32.2. The van der Waals surface area contributed by atoms with Gasteiger partial charge in [-0.05, 0) is 37.4 Å². The number of aliphatic carboxylic acids is 1. The second-order valence-corrected chi connectivity index (χ2v) is 7.76. The van der Waals surface area contributed by atoms with E-state index in [1.54, 1.807) is 55.8 Å². The number of carbonyl (C=O) groups is 1. The molecule has 1 heterocycles. The number of halogens is 3. The summed E-state index contributed by atoms with van der Waals surface area (Å²) in [7, 11) is -0.166. The molecule has 0 unspecified atom stereocenters. The van der Waals surface area contributed by atoms with E-state index in [0.717, 1.165) is 16.7 Å². The van der Waals surface area contributed by atoms with Crippen LogP contribution in [0.15, 0.2) is 59.6 Å². The third-order valence-electron chi connectivity index (χ3n) is 4.02. The Balaban J connectivity index is 0.000000396. The number of nitrogens with zero attached hydrogens (tertiary/aromatic N) is 1. The molecule has 0 aliphatic carbocycles. The first-order chi connectivity index (χ1) is 14.0. The summed E-state index contributed by atoms with van der Waals surface area (Å²) in [5.41, 5.74) is 1.58. The summed E-state index contributed by atoms with van der Waals surface area (Å²) in [6.45, 7) is 0.593. The molecule has 11 heteroatoms. The van der Waals surface area contributed by atoms with Crippen LogP contribution in [0.3, 0.4) is 0 Å². The van der Waals surface area contributed by atoms with Crippen LogP contribution < -0.4 is 10.1 Å². The van der Waals surface area contributed by atoms with Gasteiger partial charge in [-0.3, -0.25) is 0 Å². The zero-order chi connectivity index (χ0) is 22.5. The van der Waals surface area contributed by atoms with Gasteiger partial charge in [0.05, 0.1) is 17.5 Å². The zero-order valence-corrected chi connectivity index (χ0v) is 16.8. The Hall–Kier alpha value is -3.05. The van der Waals surface area contributed by atoms with Crippen molar-refractivity contribution in [2.75, 3.05) is 14.2 Å². The average molecular weight is 444 g/mol. The normalized spacial score (nSPS) is 11.6. The minimum Gasteiger partial charge on any atom is -0.496 e. The third-order valence-corrected chi connectivity index (χ3v) is 5.73. The van der Waals surface area contributed by atoms with Gasteiger partial charge in [-0.25, -0.2) is 17.2 Å². The number of aromatic nitrogens is 1. The molecule has 2 N–H and O–H groups in total. The molecule has 3 rings (SSSR count). The number of fused-ring (bicyclic) bond motifs is 1. The molecule has 7 nitrogen and oxygen atoms in total. The lowest BCUT2D eigenvalue weighted by Gasteiger charge is -2.11. The number of nitrogens with one attached hydrogen (secondary N) is 1. The van der Waals surface area contributed by atoms with Crippen LogP contribution >= 0.6 is 0 Å². The van der Waals surface area contributed by atoms with Gasteiger partial charge in [0.2, 0.25) is 0 Å². The molecular weight excluding hydrogens is 425 g/mol. The topological polar surface area (TPSA) is 97.6 Å². The van der Waals surface area contributed by atoms with E-state index in [9.17, 15) is 21.6 Å². The molecule has 162 valence electrons. The van der Waals surface area contributed by atoms with E-state index in [1.807, 2.05) is 13.1 Å². The van der Waals surface area contributed by atoms with Gasteiger partial charge in [0.1, 0.15) is 5.75 Å². The van der Waals surface area contributed by atoms with Gasteiger partial charge >= 0.3 is 12.1 Å². The lowest BCUT2D eigenvalue weighted by molar-refractivity contribution is -0.192. The Bertz CT molecular complexity index is 1130. The lowest BCUT2D eigenvalue weighted by Crippen LogP contribution is -2.21. The monoisotopic (exact) mass is 444 g/mol. The van der Waals surface area contributed by atoms with E-state index in [0.29, 0.717) is 12.1 Å². The van der Waals surface area contributed by atoms with Gasteiger partial charge in [0.15, 0.2) is 0 Å². The van der Waals surface area contributed by atoms with E-state index in [1.165, 1.54) is 3.97 Å². The molecule has 3 aromatic rings. The summed E-state index contributed by atoms with van der Waals surface area (Å²) in [5, 5.41) is 11.1. The predicted molar refractivity (Wildman–Crippen MR) is 104 cm³/mol. The van der Waals surface area contributed by atoms with Crippen LogP contribution in [0.1, 0.15) is 5.56 Å². The first-order valence-corrected chi connectivity index (χ1v) is 9.90. The quantitative estimate of drug-likeness (QED) is 0.627. The Morgan fingerprint density at radius 2 is 1.73 bits per heavy atom. The molecule has 0 spiro atoms. The lowest BCUT2D eigenvalue weighted by atomic mass is 10.1. The molecule has 0 bridgehead atoms. The molecule has 0 radical (unpaired) electrons. The first-order valence-electron chi connectivity index (χ1n) is 8.46. The van der Waals surface area contributed by atoms with Crippen molar-refractivity contribution in [1.29, 1.82) is 0 Å². The maximum Gasteiger partial charge on any atom is 0.490 e. The Morgan fingerprint density at radius 1 is 1.13 bits per heavy atom. The van der Waals surface area contributed by atoms with Gasteiger partial charge < -0.3 is 15.2 Å². The summed E-state index contributed by atoms with van der Waals surface area (Å²) in [5.74, 6) is -2.02. The Morgan fingerprint density at radius 3 is 2.23 bits per heavy atom. The van der Waals surface area contributed by atoms with E-state index >= 15 is 0 Å². The van der Waals surface area contributed by atoms with Crippen LogP contribution in [0.4, 0.5) is 13.2 Å². The maximum atomic E-state index is 12.8. The summed E-state index contributed by atoms with van der Waals surface area (Å²) >= 11 is 0. The van der Waals surface area contributed by atoms with Crippen LogP contribution in [0.25, 0.3) is 10.9 Å². The standard InChI is InChI=1S/C17H18N2O3S.C2HF3O2/c1-18-12-15-14-10-11-19(16(14)8-9-17(15)22-2)23(20,21)13-6-4-3-5-7-13;3-2(4,5)1(6)7/h3-11,18H,12H2,1-2H3;(H,6,7). The Kier molecular flexibility index (Phi) is 7.11. The van der Waals surface area contributed by atoms with Crippen molar-refractivity contribution in [3.05, 3.63) is 60.3 Å². The summed E-state index contributed by atoms with van der Waals surface area (Å²) in [6.07, 6.45) is -3.49. The number of hydrogen-bond acceptors (Lipinski definition) is 5. The van der Waals surface area contributed by atoms with Crippen LogP contribution in [0.5, 0.6) is 5.75 Å². The average Bonchev–Trinajstić information content (AvgIpc) is 3.14. The second kappa shape index (κ2) is 9.18. The van der Waals surface area contributed by atoms with Gasteiger partial charge in [-0.1, -0.05) is 18.2 Å². The molecule has 0 saturated heterocycles. The highest BCUT2D eigenvalue weighted by Gasteiger charge is 2.38. The van der Waals surface area contributed by atoms with Crippen LogP contribution in [-0.2, 0) is 21.4 Å². The van der Waals surface area contributed by atoms with E-state index < -0.39 is 22.2 Å². The molecule has 0 atom stereocenters. The fraction of sp³-hybridized carbons (Fsp3) is 0.211. The number of ether oxygens (including phenoxy) is 1. The van der Waals surface area contributed by atoms with Crippen molar-refractivity contribution in [2.45, 2.75) is 17.6 Å². The van der Waals surface area contributed by atoms with Gasteiger partial charge in [-0.2, -0.15) is 13.2 Å². The Labute approximate surface area is 170 Å². The minimum absolute atomic E-state index is 0.267.